The van der Waals surface area contributed by atoms with Crippen molar-refractivity contribution in [3.8, 4) is 0 Å². The molecule has 0 aromatic heterocycles. The van der Waals surface area contributed by atoms with Gasteiger partial charge in [0.15, 0.2) is 0 Å². The van der Waals surface area contributed by atoms with Crippen molar-refractivity contribution in [2.75, 3.05) is 10.6 Å². The van der Waals surface area contributed by atoms with Crippen LogP contribution < -0.4 is 10.6 Å². The van der Waals surface area contributed by atoms with Crippen molar-refractivity contribution in [2.24, 2.45) is 0 Å². The van der Waals surface area contributed by atoms with Crippen LogP contribution in [0.2, 0.25) is 0 Å². The number of hydrogen-bond donors (Lipinski definition) is 2. The number of nitrogens with one attached hydrogen (secondary N) is 2. The molecule has 3 aromatic rings. The van der Waals surface area contributed by atoms with Crippen LogP contribution in [-0.4, -0.2) is 26.6 Å². The molecule has 0 heterocycles. The number of nitrogens with zero attached hydrogens (tertiary/aromatic N) is 3. The Kier molecular flexibility index (Phi) is 6.34. The van der Waals surface area contributed by atoms with Crippen LogP contribution >= 0.6 is 0 Å². The summed E-state index contributed by atoms with van der Waals surface area (Å²) in [5.74, 6) is -1.83. The maximum Gasteiger partial charge on any atom is 0.292 e. The molecule has 0 atom stereocenters. The fraction of sp³-hybridized carbons (Fsp3) is 0. The van der Waals surface area contributed by atoms with E-state index in [9.17, 15) is 39.9 Å². The number of para-hydroxylation sites is 2. The summed E-state index contributed by atoms with van der Waals surface area (Å²) in [7, 11) is 0. The van der Waals surface area contributed by atoms with E-state index >= 15 is 0 Å². The predicted octanol–water partition coefficient (Wildman–Crippen LogP) is 3.92. The zero-order valence-electron chi connectivity index (χ0n) is 16.5. The van der Waals surface area contributed by atoms with Crippen molar-refractivity contribution in [1.82, 2.24) is 0 Å². The number of nitro groups is 3. The lowest BCUT2D eigenvalue weighted by atomic mass is 10.1. The Morgan fingerprint density at radius 1 is 0.606 bits per heavy atom. The summed E-state index contributed by atoms with van der Waals surface area (Å²) in [4.78, 5) is 56.5. The molecule has 0 fully saturated rings. The lowest BCUT2D eigenvalue weighted by molar-refractivity contribution is -0.385. The van der Waals surface area contributed by atoms with Gasteiger partial charge in [-0.2, -0.15) is 0 Å². The Morgan fingerprint density at radius 2 is 1.06 bits per heavy atom. The number of carbonyl (C=O) groups is 2. The van der Waals surface area contributed by atoms with Crippen molar-refractivity contribution in [2.45, 2.75) is 0 Å². The Hall–Kier alpha value is -5.20. The molecular weight excluding hydrogens is 438 g/mol. The molecule has 0 aliphatic rings. The number of amides is 2. The fourth-order valence-electron chi connectivity index (χ4n) is 2.91. The van der Waals surface area contributed by atoms with Crippen molar-refractivity contribution in [1.29, 1.82) is 0 Å². The van der Waals surface area contributed by atoms with E-state index < -0.39 is 43.6 Å². The van der Waals surface area contributed by atoms with Crippen LogP contribution in [0.15, 0.2) is 66.7 Å². The van der Waals surface area contributed by atoms with Gasteiger partial charge in [0.25, 0.3) is 28.9 Å². The highest BCUT2D eigenvalue weighted by Gasteiger charge is 2.24. The van der Waals surface area contributed by atoms with E-state index in [2.05, 4.69) is 10.6 Å². The summed E-state index contributed by atoms with van der Waals surface area (Å²) in [6, 6.07) is 13.5. The summed E-state index contributed by atoms with van der Waals surface area (Å²) in [6.45, 7) is 0. The van der Waals surface area contributed by atoms with E-state index in [4.69, 9.17) is 0 Å². The molecule has 13 heteroatoms. The molecule has 0 saturated heterocycles. The predicted molar refractivity (Wildman–Crippen MR) is 115 cm³/mol. The summed E-state index contributed by atoms with van der Waals surface area (Å²) in [5, 5.41) is 38.3. The van der Waals surface area contributed by atoms with E-state index in [1.807, 2.05) is 0 Å². The molecule has 33 heavy (non-hydrogen) atoms. The van der Waals surface area contributed by atoms with Crippen LogP contribution in [0.1, 0.15) is 20.7 Å². The summed E-state index contributed by atoms with van der Waals surface area (Å²) < 4.78 is 0. The van der Waals surface area contributed by atoms with E-state index in [1.54, 1.807) is 0 Å². The summed E-state index contributed by atoms with van der Waals surface area (Å²) >= 11 is 0. The number of benzene rings is 3. The second-order valence-electron chi connectivity index (χ2n) is 6.45. The molecular formula is C20H13N5O8. The molecule has 13 nitrogen and oxygen atoms in total. The molecule has 166 valence electrons. The largest absolute Gasteiger partial charge is 0.322 e. The molecule has 3 rings (SSSR count). The van der Waals surface area contributed by atoms with Gasteiger partial charge >= 0.3 is 0 Å². The highest BCUT2D eigenvalue weighted by atomic mass is 16.6. The van der Waals surface area contributed by atoms with Crippen LogP contribution in [0.25, 0.3) is 0 Å². The Morgan fingerprint density at radius 3 is 1.55 bits per heavy atom. The molecule has 2 N–H and O–H groups in total. The number of carbonyl (C=O) groups excluding carboxylic acids is 2. The molecule has 2 amide bonds. The molecule has 0 bridgehead atoms. The molecule has 3 aromatic carbocycles. The third kappa shape index (κ3) is 4.93. The average molecular weight is 451 g/mol. The Bertz CT molecular complexity index is 1310. The van der Waals surface area contributed by atoms with Gasteiger partial charge in [0, 0.05) is 23.9 Å². The molecule has 0 radical (unpaired) electrons. The zero-order valence-corrected chi connectivity index (χ0v) is 16.5. The maximum atomic E-state index is 12.6. The smallest absolute Gasteiger partial charge is 0.292 e. The average Bonchev–Trinajstić information content (AvgIpc) is 2.78. The van der Waals surface area contributed by atoms with Crippen LogP contribution in [0.5, 0.6) is 0 Å². The van der Waals surface area contributed by atoms with Gasteiger partial charge in [-0.15, -0.1) is 0 Å². The fourth-order valence-corrected chi connectivity index (χ4v) is 2.91. The first kappa shape index (κ1) is 22.5. The molecule has 0 unspecified atom stereocenters. The van der Waals surface area contributed by atoms with Gasteiger partial charge in [0.1, 0.15) is 16.8 Å². The number of nitro benzene ring substituents is 3. The number of anilines is 2. The van der Waals surface area contributed by atoms with Gasteiger partial charge in [0.2, 0.25) is 0 Å². The maximum absolute atomic E-state index is 12.6. The first-order valence-electron chi connectivity index (χ1n) is 9.07. The van der Waals surface area contributed by atoms with Gasteiger partial charge in [-0.05, 0) is 24.3 Å². The van der Waals surface area contributed by atoms with Gasteiger partial charge in [-0.25, -0.2) is 0 Å². The van der Waals surface area contributed by atoms with Crippen LogP contribution in [0.3, 0.4) is 0 Å². The highest BCUT2D eigenvalue weighted by molar-refractivity contribution is 6.10. The molecule has 0 saturated carbocycles. The van der Waals surface area contributed by atoms with Gasteiger partial charge in [-0.3, -0.25) is 39.9 Å². The Labute approximate surface area is 184 Å². The molecule has 0 spiro atoms. The first-order chi connectivity index (χ1) is 15.7. The third-order valence-electron chi connectivity index (χ3n) is 4.39. The van der Waals surface area contributed by atoms with Gasteiger partial charge in [-0.1, -0.05) is 24.3 Å². The zero-order chi connectivity index (χ0) is 24.1. The van der Waals surface area contributed by atoms with Crippen molar-refractivity contribution < 1.29 is 24.4 Å². The molecule has 0 aliphatic carbocycles. The SMILES string of the molecule is O=C(Nc1ccc([N+](=O)[O-])c(NC(=O)c2ccccc2[N+](=O)[O-])c1)c1ccccc1[N+](=O)[O-]. The standard InChI is InChI=1S/C20H13N5O8/c26-19(13-5-1-3-7-16(13)23(28)29)21-12-9-10-18(25(32)33)15(11-12)22-20(27)14-6-2-4-8-17(14)24(30)31/h1-11H,(H,21,26)(H,22,27). The van der Waals surface area contributed by atoms with Crippen LogP contribution in [0.4, 0.5) is 28.4 Å². The Balaban J connectivity index is 1.93. The third-order valence-corrected chi connectivity index (χ3v) is 4.39. The summed E-state index contributed by atoms with van der Waals surface area (Å²) in [5.41, 5.74) is -2.41. The summed E-state index contributed by atoms with van der Waals surface area (Å²) in [6.07, 6.45) is 0. The topological polar surface area (TPSA) is 188 Å². The van der Waals surface area contributed by atoms with Crippen LogP contribution in [0, 0.1) is 30.3 Å². The second kappa shape index (κ2) is 9.30. The minimum Gasteiger partial charge on any atom is -0.322 e. The van der Waals surface area contributed by atoms with Crippen molar-refractivity contribution >= 4 is 40.3 Å². The van der Waals surface area contributed by atoms with E-state index in [1.165, 1.54) is 42.5 Å². The quantitative estimate of drug-likeness (QED) is 0.399. The van der Waals surface area contributed by atoms with Crippen molar-refractivity contribution in [3.05, 3.63) is 108 Å². The van der Waals surface area contributed by atoms with Gasteiger partial charge in [0.05, 0.1) is 14.8 Å². The lowest BCUT2D eigenvalue weighted by Crippen LogP contribution is -2.16. The minimum atomic E-state index is -0.979. The highest BCUT2D eigenvalue weighted by Crippen LogP contribution is 2.30. The number of hydrogen-bond acceptors (Lipinski definition) is 8. The van der Waals surface area contributed by atoms with Gasteiger partial charge < -0.3 is 10.6 Å². The van der Waals surface area contributed by atoms with Crippen LogP contribution in [-0.2, 0) is 0 Å². The first-order valence-corrected chi connectivity index (χ1v) is 9.07. The lowest BCUT2D eigenvalue weighted by Gasteiger charge is -2.10. The monoisotopic (exact) mass is 451 g/mol. The van der Waals surface area contributed by atoms with E-state index in [0.29, 0.717) is 0 Å². The number of rotatable bonds is 7. The van der Waals surface area contributed by atoms with E-state index in [-0.39, 0.29) is 22.5 Å². The van der Waals surface area contributed by atoms with Crippen molar-refractivity contribution in [3.63, 3.8) is 0 Å². The van der Waals surface area contributed by atoms with E-state index in [0.717, 1.165) is 24.3 Å². The second-order valence-corrected chi connectivity index (χ2v) is 6.45. The minimum absolute atomic E-state index is 0.0124. The molecule has 0 aliphatic heterocycles. The normalized spacial score (nSPS) is 10.2.